The molecule has 1 aromatic heterocycles. The lowest BCUT2D eigenvalue weighted by Crippen LogP contribution is -2.29. The van der Waals surface area contributed by atoms with Crippen molar-refractivity contribution in [2.24, 2.45) is 11.8 Å². The van der Waals surface area contributed by atoms with Crippen molar-refractivity contribution in [2.75, 3.05) is 13.1 Å². The van der Waals surface area contributed by atoms with Crippen LogP contribution in [0, 0.1) is 18.8 Å². The van der Waals surface area contributed by atoms with Crippen LogP contribution in [0.2, 0.25) is 0 Å². The maximum atomic E-state index is 12.5. The van der Waals surface area contributed by atoms with Crippen LogP contribution in [0.1, 0.15) is 76.4 Å². The summed E-state index contributed by atoms with van der Waals surface area (Å²) in [6.07, 6.45) is 11.4. The molecule has 0 aromatic carbocycles. The molecule has 4 heteroatoms. The third-order valence-electron chi connectivity index (χ3n) is 5.93. The fraction of sp³-hybridized carbons (Fsp3) is 0.800. The van der Waals surface area contributed by atoms with Gasteiger partial charge in [0.1, 0.15) is 5.82 Å². The van der Waals surface area contributed by atoms with Crippen molar-refractivity contribution in [1.82, 2.24) is 14.5 Å². The molecule has 2 heterocycles. The predicted octanol–water partition coefficient (Wildman–Crippen LogP) is 4.13. The Kier molecular flexibility index (Phi) is 5.62. The summed E-state index contributed by atoms with van der Waals surface area (Å²) in [6, 6.07) is 0.452. The van der Waals surface area contributed by atoms with Crippen LogP contribution in [0.25, 0.3) is 0 Å². The molecule has 1 aromatic rings. The number of hydrogen-bond donors (Lipinski definition) is 0. The van der Waals surface area contributed by atoms with E-state index >= 15 is 0 Å². The van der Waals surface area contributed by atoms with E-state index < -0.39 is 0 Å². The maximum absolute atomic E-state index is 12.5. The molecule has 0 radical (unpaired) electrons. The van der Waals surface area contributed by atoms with Crippen LogP contribution in [0.3, 0.4) is 0 Å². The molecule has 2 aliphatic rings. The second kappa shape index (κ2) is 7.71. The number of imidazole rings is 1. The van der Waals surface area contributed by atoms with Crippen molar-refractivity contribution < 1.29 is 4.79 Å². The lowest BCUT2D eigenvalue weighted by Gasteiger charge is -2.19. The van der Waals surface area contributed by atoms with Gasteiger partial charge in [0.05, 0.1) is 0 Å². The highest BCUT2D eigenvalue weighted by Gasteiger charge is 2.28. The molecule has 1 aliphatic heterocycles. The Bertz CT molecular complexity index is 557. The Balaban J connectivity index is 1.49. The number of hydrogen-bond acceptors (Lipinski definition) is 2. The third kappa shape index (κ3) is 4.01. The van der Waals surface area contributed by atoms with Gasteiger partial charge in [-0.2, -0.15) is 0 Å². The molecular formula is C20H33N3O. The Morgan fingerprint density at radius 2 is 2.00 bits per heavy atom. The van der Waals surface area contributed by atoms with Gasteiger partial charge < -0.3 is 9.47 Å². The molecule has 3 rings (SSSR count). The summed E-state index contributed by atoms with van der Waals surface area (Å²) in [4.78, 5) is 19.2. The first kappa shape index (κ1) is 17.5. The summed E-state index contributed by atoms with van der Waals surface area (Å²) in [6.45, 7) is 8.42. The highest BCUT2D eigenvalue weighted by Crippen LogP contribution is 2.29. The fourth-order valence-corrected chi connectivity index (χ4v) is 4.62. The van der Waals surface area contributed by atoms with Gasteiger partial charge in [-0.15, -0.1) is 0 Å². The Labute approximate surface area is 146 Å². The minimum absolute atomic E-state index is 0.382. The van der Waals surface area contributed by atoms with E-state index in [9.17, 15) is 4.79 Å². The second-order valence-corrected chi connectivity index (χ2v) is 8.17. The van der Waals surface area contributed by atoms with Gasteiger partial charge in [-0.3, -0.25) is 4.79 Å². The quantitative estimate of drug-likeness (QED) is 0.786. The van der Waals surface area contributed by atoms with E-state index in [2.05, 4.69) is 35.2 Å². The molecule has 1 saturated heterocycles. The van der Waals surface area contributed by atoms with E-state index in [0.717, 1.165) is 44.7 Å². The molecule has 134 valence electrons. The molecule has 1 saturated carbocycles. The van der Waals surface area contributed by atoms with E-state index in [4.69, 9.17) is 0 Å². The summed E-state index contributed by atoms with van der Waals surface area (Å²) in [5.74, 6) is 2.95. The Morgan fingerprint density at radius 3 is 2.71 bits per heavy atom. The lowest BCUT2D eigenvalue weighted by molar-refractivity contribution is -0.130. The topological polar surface area (TPSA) is 38.1 Å². The average Bonchev–Trinajstić information content (AvgIpc) is 3.26. The van der Waals surface area contributed by atoms with Crippen molar-refractivity contribution in [1.29, 1.82) is 0 Å². The molecule has 0 bridgehead atoms. The number of aromatic nitrogens is 2. The van der Waals surface area contributed by atoms with Gasteiger partial charge in [0, 0.05) is 43.9 Å². The van der Waals surface area contributed by atoms with Gasteiger partial charge in [-0.05, 0) is 45.4 Å². The molecule has 2 fully saturated rings. The van der Waals surface area contributed by atoms with Crippen molar-refractivity contribution >= 4 is 5.91 Å². The minimum Gasteiger partial charge on any atom is -0.342 e. The Hall–Kier alpha value is -1.32. The smallest absolute Gasteiger partial charge is 0.222 e. The zero-order valence-electron chi connectivity index (χ0n) is 15.6. The number of likely N-dealkylation sites (tertiary alicyclic amines) is 1. The van der Waals surface area contributed by atoms with Crippen molar-refractivity contribution in [3.63, 3.8) is 0 Å². The van der Waals surface area contributed by atoms with Gasteiger partial charge in [-0.25, -0.2) is 4.98 Å². The Morgan fingerprint density at radius 1 is 1.25 bits per heavy atom. The molecule has 0 N–H and O–H groups in total. The summed E-state index contributed by atoms with van der Waals surface area (Å²) in [7, 11) is 0. The zero-order chi connectivity index (χ0) is 17.1. The molecule has 0 spiro atoms. The maximum Gasteiger partial charge on any atom is 0.222 e. The average molecular weight is 332 g/mol. The van der Waals surface area contributed by atoms with Crippen LogP contribution in [-0.2, 0) is 11.2 Å². The number of aryl methyl sites for hydroxylation is 1. The normalized spacial score (nSPS) is 22.0. The number of rotatable bonds is 6. The van der Waals surface area contributed by atoms with Crippen LogP contribution in [-0.4, -0.2) is 33.4 Å². The van der Waals surface area contributed by atoms with Gasteiger partial charge in [0.25, 0.3) is 0 Å². The van der Waals surface area contributed by atoms with E-state index in [1.54, 1.807) is 0 Å². The van der Waals surface area contributed by atoms with Crippen molar-refractivity contribution in [3.05, 3.63) is 17.7 Å². The number of carbonyl (C=O) groups is 1. The first-order valence-corrected chi connectivity index (χ1v) is 9.85. The standard InChI is InChI=1S/C20H33N3O/c1-15(2)23-16(3)13-21-19(23)12-18-10-11-22(14-18)20(24)9-8-17-6-4-5-7-17/h13,15,17-18H,4-12,14H2,1-3H3. The molecule has 1 aliphatic carbocycles. The summed E-state index contributed by atoms with van der Waals surface area (Å²) >= 11 is 0. The van der Waals surface area contributed by atoms with E-state index in [0.29, 0.717) is 17.9 Å². The first-order valence-electron chi connectivity index (χ1n) is 9.85. The summed E-state index contributed by atoms with van der Waals surface area (Å²) in [5, 5.41) is 0. The SMILES string of the molecule is Cc1cnc(CC2CCN(C(=O)CCC3CCCC3)C2)n1C(C)C. The molecule has 1 atom stereocenters. The van der Waals surface area contributed by atoms with Crippen LogP contribution in [0.5, 0.6) is 0 Å². The predicted molar refractivity (Wildman–Crippen MR) is 96.9 cm³/mol. The summed E-state index contributed by atoms with van der Waals surface area (Å²) in [5.41, 5.74) is 1.24. The highest BCUT2D eigenvalue weighted by atomic mass is 16.2. The molecule has 24 heavy (non-hydrogen) atoms. The zero-order valence-corrected chi connectivity index (χ0v) is 15.6. The van der Waals surface area contributed by atoms with Crippen LogP contribution in [0.4, 0.5) is 0 Å². The van der Waals surface area contributed by atoms with Crippen molar-refractivity contribution in [2.45, 2.75) is 78.2 Å². The fourth-order valence-electron chi connectivity index (χ4n) is 4.62. The van der Waals surface area contributed by atoms with E-state index in [1.807, 2.05) is 6.20 Å². The molecule has 1 unspecified atom stereocenters. The molecule has 4 nitrogen and oxygen atoms in total. The molecule has 1 amide bonds. The van der Waals surface area contributed by atoms with Gasteiger partial charge in [-0.1, -0.05) is 25.7 Å². The van der Waals surface area contributed by atoms with E-state index in [1.165, 1.54) is 37.2 Å². The molecular weight excluding hydrogens is 298 g/mol. The van der Waals surface area contributed by atoms with E-state index in [-0.39, 0.29) is 0 Å². The number of amides is 1. The largest absolute Gasteiger partial charge is 0.342 e. The van der Waals surface area contributed by atoms with Gasteiger partial charge >= 0.3 is 0 Å². The van der Waals surface area contributed by atoms with Crippen molar-refractivity contribution in [3.8, 4) is 0 Å². The lowest BCUT2D eigenvalue weighted by atomic mass is 10.0. The number of nitrogens with zero attached hydrogens (tertiary/aromatic N) is 3. The van der Waals surface area contributed by atoms with Gasteiger partial charge in [0.15, 0.2) is 0 Å². The minimum atomic E-state index is 0.382. The second-order valence-electron chi connectivity index (χ2n) is 8.17. The van der Waals surface area contributed by atoms with Crippen LogP contribution >= 0.6 is 0 Å². The summed E-state index contributed by atoms with van der Waals surface area (Å²) < 4.78 is 2.34. The van der Waals surface area contributed by atoms with Gasteiger partial charge in [0.2, 0.25) is 5.91 Å². The monoisotopic (exact) mass is 331 g/mol. The van der Waals surface area contributed by atoms with Crippen LogP contribution in [0.15, 0.2) is 6.20 Å². The first-order chi connectivity index (χ1) is 11.5. The number of carbonyl (C=O) groups excluding carboxylic acids is 1. The third-order valence-corrected chi connectivity index (χ3v) is 5.93. The van der Waals surface area contributed by atoms with Crippen LogP contribution < -0.4 is 0 Å². The highest BCUT2D eigenvalue weighted by molar-refractivity contribution is 5.76.